The van der Waals surface area contributed by atoms with Crippen molar-refractivity contribution in [1.82, 2.24) is 55.4 Å². The van der Waals surface area contributed by atoms with Crippen LogP contribution < -0.4 is 27.8 Å². The molecule has 5 atom stereocenters. The molecule has 28 heteroatoms. The Labute approximate surface area is 488 Å². The highest BCUT2D eigenvalue weighted by Gasteiger charge is 2.45. The molecule has 3 aliphatic carbocycles. The number of rotatable bonds is 23. The Morgan fingerprint density at radius 1 is 0.585 bits per heavy atom. The van der Waals surface area contributed by atoms with Crippen LogP contribution in [0.1, 0.15) is 172 Å². The van der Waals surface area contributed by atoms with Crippen LogP contribution in [-0.4, -0.2) is 126 Å². The Hall–Kier alpha value is -4.42. The van der Waals surface area contributed by atoms with Gasteiger partial charge in [0.15, 0.2) is 22.9 Å². The van der Waals surface area contributed by atoms with E-state index in [1.807, 2.05) is 27.7 Å². The van der Waals surface area contributed by atoms with Gasteiger partial charge >= 0.3 is 25.5 Å². The van der Waals surface area contributed by atoms with Crippen LogP contribution in [0.3, 0.4) is 0 Å². The molecule has 11 N–H and O–H groups in total. The number of hydrogen-bond donors (Lipinski definition) is 7. The van der Waals surface area contributed by atoms with Gasteiger partial charge in [0.25, 0.3) is 0 Å². The smallest absolute Gasteiger partial charge is 0.350 e. The van der Waals surface area contributed by atoms with Crippen molar-refractivity contribution in [2.24, 2.45) is 17.8 Å². The maximum Gasteiger partial charge on any atom is 0.350 e. The van der Waals surface area contributed by atoms with Crippen molar-refractivity contribution in [3.63, 3.8) is 0 Å². The zero-order chi connectivity index (χ0) is 59.9. The quantitative estimate of drug-likeness (QED) is 0.0157. The summed E-state index contributed by atoms with van der Waals surface area (Å²) in [5.74, 6) is 0.364. The van der Waals surface area contributed by atoms with Gasteiger partial charge in [-0.05, 0) is 132 Å². The minimum Gasteiger partial charge on any atom is -0.461 e. The first kappa shape index (κ1) is 70.1. The van der Waals surface area contributed by atoms with Crippen LogP contribution in [0.25, 0.3) is 22.3 Å². The number of fused-ring (bicyclic) bond motifs is 2. The molecule has 0 spiro atoms. The fraction of sp³-hybridized carbons (Fsp3) is 0.759. The number of esters is 3. The standard InChI is InChI=1S/C33H56N7O6P.C12H21ClO2.C9H14N5O4P.H3N/c1-22(18-40-20-37-27-28(34)35-19-36-29(27)40)44-21-47(43,38-32(4,5)30(41)45-23(2)25-14-10-8-11-15-25)39-33(6,7)31(42)46-24(3)26-16-12-9-13-17-26;1-9(10-7-5-4-6-8-10)15-11(14)12(2,3)13;1-6(18-5-19(15,16)17)2-14-4-13-7-8(10)11-3-12-9(7)14;/h19-20,22-26H,8-18,21H2,1-7H3,(H2,34,35,36)(H2,38,39,43);9-10H,4-8H2,1-3H3;3-4,6H,2,5H2,1H3,(H2,10,11,12)(H2,15,16,17);1H3/t22-,23-,24-;9-;6-;/m111./s1. The number of hydrogen-bond acceptors (Lipinski definition) is 19. The highest BCUT2D eigenvalue weighted by atomic mass is 35.5. The van der Waals surface area contributed by atoms with Gasteiger partial charge < -0.3 is 60.2 Å². The molecule has 3 saturated carbocycles. The molecular weight excluding hydrogens is 1120 g/mol. The maximum absolute atomic E-state index is 14.8. The molecule has 0 aliphatic heterocycles. The molecular formula is C54H94ClN13O12P2. The minimum absolute atomic E-state index is 0. The second-order valence-corrected chi connectivity index (χ2v) is 28.5. The van der Waals surface area contributed by atoms with E-state index in [2.05, 4.69) is 40.1 Å². The third kappa shape index (κ3) is 21.6. The highest BCUT2D eigenvalue weighted by Crippen LogP contribution is 2.43. The first-order chi connectivity index (χ1) is 37.9. The summed E-state index contributed by atoms with van der Waals surface area (Å²) in [5.41, 5.74) is 11.0. The molecule has 3 aliphatic rings. The normalized spacial score (nSPS) is 18.1. The van der Waals surface area contributed by atoms with Gasteiger partial charge in [0.05, 0.1) is 38.0 Å². The van der Waals surface area contributed by atoms with Crippen molar-refractivity contribution >= 4 is 78.5 Å². The van der Waals surface area contributed by atoms with Gasteiger partial charge in [-0.3, -0.25) is 23.5 Å². The molecule has 4 heterocycles. The van der Waals surface area contributed by atoms with Gasteiger partial charge in [-0.2, -0.15) is 0 Å². The first-order valence-electron chi connectivity index (χ1n) is 28.5. The largest absolute Gasteiger partial charge is 0.461 e. The summed E-state index contributed by atoms with van der Waals surface area (Å²) in [6.07, 6.45) is 20.7. The van der Waals surface area contributed by atoms with Crippen molar-refractivity contribution < 1.29 is 57.0 Å². The van der Waals surface area contributed by atoms with Gasteiger partial charge in [-0.1, -0.05) is 57.8 Å². The van der Waals surface area contributed by atoms with E-state index in [1.165, 1.54) is 63.9 Å². The fourth-order valence-corrected chi connectivity index (χ4v) is 13.4. The molecule has 0 bridgehead atoms. The number of anilines is 2. The lowest BCUT2D eigenvalue weighted by molar-refractivity contribution is -0.157. The Balaban J connectivity index is 0.000000335. The molecule has 25 nitrogen and oxygen atoms in total. The molecule has 0 unspecified atom stereocenters. The number of alkyl halides is 1. The van der Waals surface area contributed by atoms with Gasteiger partial charge in [0.1, 0.15) is 70.6 Å². The number of halogens is 1. The number of nitrogen functional groups attached to an aromatic ring is 2. The summed E-state index contributed by atoms with van der Waals surface area (Å²) in [6, 6.07) is 0. The van der Waals surface area contributed by atoms with Crippen LogP contribution >= 0.6 is 26.6 Å². The van der Waals surface area contributed by atoms with E-state index in [0.717, 1.165) is 51.4 Å². The van der Waals surface area contributed by atoms with Crippen molar-refractivity contribution in [2.75, 3.05) is 24.2 Å². The second kappa shape index (κ2) is 31.1. The molecule has 4 aromatic rings. The molecule has 464 valence electrons. The van der Waals surface area contributed by atoms with E-state index in [4.69, 9.17) is 56.5 Å². The number of aromatic nitrogens is 8. The molecule has 4 aromatic heterocycles. The van der Waals surface area contributed by atoms with E-state index in [1.54, 1.807) is 63.9 Å². The first-order valence-corrected chi connectivity index (χ1v) is 32.5. The lowest BCUT2D eigenvalue weighted by atomic mass is 9.86. The van der Waals surface area contributed by atoms with Gasteiger partial charge in [-0.25, -0.2) is 40.1 Å². The molecule has 7 rings (SSSR count). The molecule has 0 radical (unpaired) electrons. The van der Waals surface area contributed by atoms with Crippen molar-refractivity contribution in [3.8, 4) is 0 Å². The number of ether oxygens (including phenoxy) is 5. The lowest BCUT2D eigenvalue weighted by Crippen LogP contribution is -2.55. The summed E-state index contributed by atoms with van der Waals surface area (Å²) in [4.78, 5) is 79.7. The molecule has 0 aromatic carbocycles. The van der Waals surface area contributed by atoms with Gasteiger partial charge in [0, 0.05) is 0 Å². The van der Waals surface area contributed by atoms with Crippen LogP contribution in [0.4, 0.5) is 11.6 Å². The summed E-state index contributed by atoms with van der Waals surface area (Å²) in [7, 11) is -7.97. The van der Waals surface area contributed by atoms with Gasteiger partial charge in [0.2, 0.25) is 7.44 Å². The number of carbonyl (C=O) groups excluding carboxylic acids is 3. The monoisotopic (exact) mass is 1210 g/mol. The van der Waals surface area contributed by atoms with Crippen LogP contribution in [0, 0.1) is 17.8 Å². The Kier molecular flexibility index (Phi) is 26.6. The van der Waals surface area contributed by atoms with E-state index < -0.39 is 61.5 Å². The van der Waals surface area contributed by atoms with Crippen molar-refractivity contribution in [1.29, 1.82) is 0 Å². The van der Waals surface area contributed by atoms with Crippen molar-refractivity contribution in [2.45, 2.75) is 232 Å². The molecule has 0 amide bonds. The fourth-order valence-electron chi connectivity index (χ4n) is 10.3. The van der Waals surface area contributed by atoms with E-state index in [9.17, 15) is 23.5 Å². The lowest BCUT2D eigenvalue weighted by Gasteiger charge is -2.37. The highest BCUT2D eigenvalue weighted by molar-refractivity contribution is 7.59. The minimum atomic E-state index is -4.16. The average Bonchev–Trinajstić information content (AvgIpc) is 4.03. The van der Waals surface area contributed by atoms with Gasteiger partial charge in [-0.15, -0.1) is 11.6 Å². The van der Waals surface area contributed by atoms with Crippen LogP contribution in [-0.2, 0) is 60.3 Å². The number of carbonyl (C=O) groups is 3. The van der Waals surface area contributed by atoms with E-state index >= 15 is 0 Å². The zero-order valence-corrected chi connectivity index (χ0v) is 52.6. The topological polar surface area (TPSA) is 370 Å². The van der Waals surface area contributed by atoms with Crippen molar-refractivity contribution in [3.05, 3.63) is 25.3 Å². The number of imidazole rings is 2. The summed E-state index contributed by atoms with van der Waals surface area (Å²) >= 11 is 5.89. The molecule has 82 heavy (non-hydrogen) atoms. The number of nitrogens with one attached hydrogen (secondary N) is 2. The number of nitrogens with zero attached hydrogens (tertiary/aromatic N) is 8. The third-order valence-corrected chi connectivity index (χ3v) is 18.1. The predicted molar refractivity (Wildman–Crippen MR) is 316 cm³/mol. The Morgan fingerprint density at radius 2 is 0.915 bits per heavy atom. The predicted octanol–water partition coefficient (Wildman–Crippen LogP) is 9.35. The molecule has 3 fully saturated rings. The third-order valence-electron chi connectivity index (χ3n) is 15.1. The Bertz CT molecular complexity index is 2700. The summed E-state index contributed by atoms with van der Waals surface area (Å²) in [6.45, 7) is 20.0. The van der Waals surface area contributed by atoms with Crippen LogP contribution in [0.5, 0.6) is 0 Å². The van der Waals surface area contributed by atoms with Crippen LogP contribution in [0.2, 0.25) is 0 Å². The second-order valence-electron chi connectivity index (χ2n) is 23.7. The zero-order valence-electron chi connectivity index (χ0n) is 50.1. The average molecular weight is 1210 g/mol. The van der Waals surface area contributed by atoms with E-state index in [-0.39, 0.29) is 48.4 Å². The van der Waals surface area contributed by atoms with E-state index in [0.29, 0.717) is 53.2 Å². The Morgan fingerprint density at radius 3 is 1.24 bits per heavy atom. The van der Waals surface area contributed by atoms with Crippen LogP contribution in [0.15, 0.2) is 25.3 Å². The summed E-state index contributed by atoms with van der Waals surface area (Å²) in [5, 5.41) is 6.08. The summed E-state index contributed by atoms with van der Waals surface area (Å²) < 4.78 is 57.4. The number of nitrogens with two attached hydrogens (primary N) is 2. The molecule has 0 saturated heterocycles. The maximum atomic E-state index is 14.8. The SMILES string of the molecule is C[C@@H](OC(=O)C(C)(C)Cl)C1CCCCC1.C[C@H](Cn1cnc2c(N)ncnc21)OCP(=O)(NC(C)(C)C(=O)O[C@H](C)C1CCCCC1)NC(C)(C)C(=O)O[C@H](C)C1CCCCC1.C[C@H](Cn1cnc2c(N)ncnc21)OCP(=O)(O)O.N.